The molecule has 0 aromatic heterocycles. The number of amides is 1. The maximum atomic E-state index is 13.6. The van der Waals surface area contributed by atoms with Crippen molar-refractivity contribution in [2.24, 2.45) is 0 Å². The van der Waals surface area contributed by atoms with Crippen LogP contribution in [0.3, 0.4) is 0 Å². The second-order valence-electron chi connectivity index (χ2n) is 3.30. The van der Waals surface area contributed by atoms with Crippen LogP contribution >= 0.6 is 0 Å². The van der Waals surface area contributed by atoms with Crippen LogP contribution in [0.15, 0.2) is 0 Å². The molecule has 2 N–H and O–H groups in total. The van der Waals surface area contributed by atoms with Crippen molar-refractivity contribution in [3.8, 4) is 0 Å². The summed E-state index contributed by atoms with van der Waals surface area (Å²) in [5.74, 6) is -2.92. The number of Topliss-reactive ketones (excluding diaryl/α,β-unsaturated/α-hetero) is 1. The number of carboxylic acid groups (broad SMARTS) is 2. The molecule has 1 rings (SSSR count). The summed E-state index contributed by atoms with van der Waals surface area (Å²) in [6, 6.07) is 0. The molecule has 1 aliphatic rings. The van der Waals surface area contributed by atoms with Crippen molar-refractivity contribution in [1.29, 1.82) is 0 Å². The van der Waals surface area contributed by atoms with Crippen molar-refractivity contribution >= 4 is 17.8 Å². The molecule has 0 aliphatic carbocycles. The van der Waals surface area contributed by atoms with Gasteiger partial charge in [-0.25, -0.2) is 14.0 Å². The lowest BCUT2D eigenvalue weighted by molar-refractivity contribution is -0.157. The third-order valence-corrected chi connectivity index (χ3v) is 2.39. The van der Waals surface area contributed by atoms with Gasteiger partial charge in [-0.15, -0.1) is 0 Å². The lowest BCUT2D eigenvalue weighted by Crippen LogP contribution is -2.42. The van der Waals surface area contributed by atoms with Gasteiger partial charge in [0.1, 0.15) is 0 Å². The van der Waals surface area contributed by atoms with E-state index in [4.69, 9.17) is 10.2 Å². The Balaban J connectivity index is 2.85. The Kier molecular flexibility index (Phi) is 2.92. The molecule has 7 heteroatoms. The first-order chi connectivity index (χ1) is 6.88. The number of carboxylic acids is 1. The average molecular weight is 219 g/mol. The summed E-state index contributed by atoms with van der Waals surface area (Å²) >= 11 is 0. The minimum absolute atomic E-state index is 0.160. The van der Waals surface area contributed by atoms with Crippen molar-refractivity contribution in [1.82, 2.24) is 4.90 Å². The van der Waals surface area contributed by atoms with Crippen LogP contribution in [-0.4, -0.2) is 51.7 Å². The summed E-state index contributed by atoms with van der Waals surface area (Å²) < 4.78 is 13.6. The van der Waals surface area contributed by atoms with Gasteiger partial charge >= 0.3 is 12.1 Å². The first kappa shape index (κ1) is 11.4. The SMILES string of the molecule is O=C(O)N1CCC(=O)C(F)(C(=O)O)CC1. The third-order valence-electron chi connectivity index (χ3n) is 2.39. The average Bonchev–Trinajstić information content (AvgIpc) is 2.29. The molecular formula is C8H10FNO5. The molecule has 1 fully saturated rings. The molecule has 0 bridgehead atoms. The normalized spacial score (nSPS) is 27.3. The van der Waals surface area contributed by atoms with E-state index >= 15 is 0 Å². The molecule has 6 nitrogen and oxygen atoms in total. The Morgan fingerprint density at radius 3 is 2.40 bits per heavy atom. The highest BCUT2D eigenvalue weighted by Crippen LogP contribution is 2.23. The van der Waals surface area contributed by atoms with Crippen molar-refractivity contribution in [2.45, 2.75) is 18.5 Å². The standard InChI is InChI=1S/C8H10FNO5/c9-8(6(12)13)2-4-10(7(14)15)3-1-5(8)11/h1-4H2,(H,12,13)(H,14,15). The lowest BCUT2D eigenvalue weighted by Gasteiger charge is -2.17. The minimum atomic E-state index is -2.94. The van der Waals surface area contributed by atoms with Gasteiger partial charge < -0.3 is 15.1 Å². The fourth-order valence-corrected chi connectivity index (χ4v) is 1.39. The zero-order valence-electron chi connectivity index (χ0n) is 7.77. The van der Waals surface area contributed by atoms with Crippen molar-refractivity contribution in [3.05, 3.63) is 0 Å². The summed E-state index contributed by atoms with van der Waals surface area (Å²) in [5, 5.41) is 17.2. The number of carbonyl (C=O) groups is 3. The van der Waals surface area contributed by atoms with E-state index in [2.05, 4.69) is 0 Å². The molecule has 1 amide bonds. The van der Waals surface area contributed by atoms with Gasteiger partial charge in [0.25, 0.3) is 5.67 Å². The van der Waals surface area contributed by atoms with Crippen LogP contribution in [0.4, 0.5) is 9.18 Å². The molecule has 0 radical (unpaired) electrons. The van der Waals surface area contributed by atoms with Crippen LogP contribution in [0, 0.1) is 0 Å². The number of likely N-dealkylation sites (tertiary alicyclic amines) is 1. The zero-order chi connectivity index (χ0) is 11.6. The number of nitrogens with zero attached hydrogens (tertiary/aromatic N) is 1. The van der Waals surface area contributed by atoms with Gasteiger partial charge in [-0.2, -0.15) is 0 Å². The van der Waals surface area contributed by atoms with Gasteiger partial charge in [-0.3, -0.25) is 4.79 Å². The fourth-order valence-electron chi connectivity index (χ4n) is 1.39. The smallest absolute Gasteiger partial charge is 0.407 e. The Morgan fingerprint density at radius 1 is 1.33 bits per heavy atom. The third kappa shape index (κ3) is 2.05. The van der Waals surface area contributed by atoms with Crippen LogP contribution in [-0.2, 0) is 9.59 Å². The molecule has 0 saturated carbocycles. The highest BCUT2D eigenvalue weighted by Gasteiger charge is 2.48. The number of halogens is 1. The predicted octanol–water partition coefficient (Wildman–Crippen LogP) is 0.122. The molecule has 0 spiro atoms. The van der Waals surface area contributed by atoms with Gasteiger partial charge in [0.2, 0.25) is 0 Å². The lowest BCUT2D eigenvalue weighted by atomic mass is 9.96. The molecule has 1 saturated heterocycles. The van der Waals surface area contributed by atoms with Gasteiger partial charge in [-0.05, 0) is 0 Å². The first-order valence-corrected chi connectivity index (χ1v) is 4.31. The van der Waals surface area contributed by atoms with Gasteiger partial charge in [0.15, 0.2) is 5.78 Å². The maximum absolute atomic E-state index is 13.6. The second kappa shape index (κ2) is 3.84. The Labute approximate surface area is 84.3 Å². The van der Waals surface area contributed by atoms with Gasteiger partial charge in [0, 0.05) is 25.9 Å². The monoisotopic (exact) mass is 219 g/mol. The van der Waals surface area contributed by atoms with E-state index in [1.165, 1.54) is 0 Å². The Bertz CT molecular complexity index is 318. The van der Waals surface area contributed by atoms with Crippen LogP contribution in [0.1, 0.15) is 12.8 Å². The predicted molar refractivity (Wildman–Crippen MR) is 45.3 cm³/mol. The van der Waals surface area contributed by atoms with Crippen molar-refractivity contribution in [3.63, 3.8) is 0 Å². The van der Waals surface area contributed by atoms with Gasteiger partial charge in [0.05, 0.1) is 0 Å². The molecule has 84 valence electrons. The summed E-state index contributed by atoms with van der Waals surface area (Å²) in [7, 11) is 0. The van der Waals surface area contributed by atoms with Crippen LogP contribution in [0.5, 0.6) is 0 Å². The van der Waals surface area contributed by atoms with Crippen LogP contribution in [0.25, 0.3) is 0 Å². The van der Waals surface area contributed by atoms with E-state index in [1.54, 1.807) is 0 Å². The van der Waals surface area contributed by atoms with E-state index in [0.717, 1.165) is 4.90 Å². The van der Waals surface area contributed by atoms with E-state index in [9.17, 15) is 18.8 Å². The fraction of sp³-hybridized carbons (Fsp3) is 0.625. The summed E-state index contributed by atoms with van der Waals surface area (Å²) in [4.78, 5) is 33.1. The number of carbonyl (C=O) groups excluding carboxylic acids is 1. The molecule has 1 aliphatic heterocycles. The van der Waals surface area contributed by atoms with E-state index in [0.29, 0.717) is 0 Å². The first-order valence-electron chi connectivity index (χ1n) is 4.31. The number of hydrogen-bond donors (Lipinski definition) is 2. The molecule has 1 unspecified atom stereocenters. The minimum Gasteiger partial charge on any atom is -0.479 e. The summed E-state index contributed by atoms with van der Waals surface area (Å²) in [5.41, 5.74) is -2.94. The largest absolute Gasteiger partial charge is 0.479 e. The van der Waals surface area contributed by atoms with E-state index < -0.39 is 36.4 Å². The highest BCUT2D eigenvalue weighted by molar-refractivity contribution is 6.06. The van der Waals surface area contributed by atoms with Crippen molar-refractivity contribution in [2.75, 3.05) is 13.1 Å². The van der Waals surface area contributed by atoms with E-state index in [-0.39, 0.29) is 13.1 Å². The number of ketones is 1. The molecule has 1 heterocycles. The zero-order valence-corrected chi connectivity index (χ0v) is 7.77. The van der Waals surface area contributed by atoms with Crippen LogP contribution < -0.4 is 0 Å². The quantitative estimate of drug-likeness (QED) is 0.611. The molecule has 1 atom stereocenters. The summed E-state index contributed by atoms with van der Waals surface area (Å²) in [6.45, 7) is -0.447. The van der Waals surface area contributed by atoms with Crippen molar-refractivity contribution < 1.29 is 29.0 Å². The Morgan fingerprint density at radius 2 is 1.93 bits per heavy atom. The number of hydrogen-bond acceptors (Lipinski definition) is 3. The Hall–Kier alpha value is -1.66. The summed E-state index contributed by atoms with van der Waals surface area (Å²) in [6.07, 6.45) is -2.32. The molecule has 0 aromatic carbocycles. The highest BCUT2D eigenvalue weighted by atomic mass is 19.1. The number of alkyl halides is 1. The van der Waals surface area contributed by atoms with Gasteiger partial charge in [-0.1, -0.05) is 0 Å². The van der Waals surface area contributed by atoms with Crippen LogP contribution in [0.2, 0.25) is 0 Å². The molecule has 15 heavy (non-hydrogen) atoms. The topological polar surface area (TPSA) is 94.9 Å². The molecule has 0 aromatic rings. The number of aliphatic carboxylic acids is 1. The van der Waals surface area contributed by atoms with E-state index in [1.807, 2.05) is 0 Å². The number of rotatable bonds is 1. The molecular weight excluding hydrogens is 209 g/mol. The second-order valence-corrected chi connectivity index (χ2v) is 3.30. The maximum Gasteiger partial charge on any atom is 0.407 e.